The van der Waals surface area contributed by atoms with Crippen molar-refractivity contribution in [1.29, 1.82) is 0 Å². The van der Waals surface area contributed by atoms with Gasteiger partial charge >= 0.3 is 17.9 Å². The summed E-state index contributed by atoms with van der Waals surface area (Å²) >= 11 is 0. The molecular weight excluding hydrogens is 688 g/mol. The van der Waals surface area contributed by atoms with E-state index in [0.29, 0.717) is 5.56 Å². The minimum atomic E-state index is -1.93. The average Bonchev–Trinajstić information content (AvgIpc) is 3.11. The number of carbonyl (C=O) groups excluding carboxylic acids is 3. The van der Waals surface area contributed by atoms with Crippen molar-refractivity contribution in [2.24, 2.45) is 23.2 Å². The van der Waals surface area contributed by atoms with Crippen LogP contribution in [0.4, 0.5) is 0 Å². The summed E-state index contributed by atoms with van der Waals surface area (Å²) in [5.74, 6) is -5.38. The molecule has 13 unspecified atom stereocenters. The first-order valence-corrected chi connectivity index (χ1v) is 17.3. The van der Waals surface area contributed by atoms with Crippen LogP contribution in [0.1, 0.15) is 52.0 Å². The molecule has 52 heavy (non-hydrogen) atoms. The Kier molecular flexibility index (Phi) is 13.5. The molecule has 0 aromatic heterocycles. The number of hydrogen-bond donors (Lipinski definition) is 8. The van der Waals surface area contributed by atoms with Gasteiger partial charge in [0.25, 0.3) is 0 Å². The summed E-state index contributed by atoms with van der Waals surface area (Å²) in [5, 5.41) is 84.8. The lowest BCUT2D eigenvalue weighted by Crippen LogP contribution is -2.67. The van der Waals surface area contributed by atoms with E-state index in [1.54, 1.807) is 20.8 Å². The maximum absolute atomic E-state index is 13.9. The number of carbonyl (C=O) groups is 3. The van der Waals surface area contributed by atoms with Crippen LogP contribution in [0.2, 0.25) is 0 Å². The normalized spacial score (nSPS) is 35.9. The van der Waals surface area contributed by atoms with Crippen LogP contribution in [0.25, 0.3) is 0 Å². The Morgan fingerprint density at radius 1 is 0.981 bits per heavy atom. The Morgan fingerprint density at radius 2 is 1.63 bits per heavy atom. The van der Waals surface area contributed by atoms with Crippen LogP contribution in [-0.4, -0.2) is 140 Å². The second kappa shape index (κ2) is 16.9. The zero-order valence-electron chi connectivity index (χ0n) is 29.7. The number of phenols is 1. The van der Waals surface area contributed by atoms with Crippen molar-refractivity contribution in [2.75, 3.05) is 20.3 Å². The molecule has 1 heterocycles. The molecule has 0 bridgehead atoms. The van der Waals surface area contributed by atoms with Gasteiger partial charge in [0.05, 0.1) is 32.0 Å². The fraction of sp³-hybridized carbons (Fsp3) is 0.694. The van der Waals surface area contributed by atoms with E-state index >= 15 is 0 Å². The second-order valence-electron chi connectivity index (χ2n) is 14.7. The van der Waals surface area contributed by atoms with E-state index in [-0.39, 0.29) is 43.4 Å². The molecule has 8 N–H and O–H groups in total. The van der Waals surface area contributed by atoms with Crippen molar-refractivity contribution in [3.63, 3.8) is 0 Å². The molecule has 3 fully saturated rings. The second-order valence-corrected chi connectivity index (χ2v) is 14.7. The highest BCUT2D eigenvalue weighted by Crippen LogP contribution is 2.57. The Bertz CT molecular complexity index is 1420. The van der Waals surface area contributed by atoms with E-state index in [1.165, 1.54) is 24.3 Å². The van der Waals surface area contributed by atoms with Gasteiger partial charge < -0.3 is 64.5 Å². The lowest BCUT2D eigenvalue weighted by Gasteiger charge is -2.59. The number of benzene rings is 1. The van der Waals surface area contributed by atoms with Gasteiger partial charge in [-0.1, -0.05) is 39.5 Å². The molecule has 16 nitrogen and oxygen atoms in total. The van der Waals surface area contributed by atoms with E-state index in [4.69, 9.17) is 23.7 Å². The van der Waals surface area contributed by atoms with E-state index in [0.717, 1.165) is 7.11 Å². The SMILES string of the molecule is C=C(C(=O)OC)C1CCC2(C)C(OC(=O)C(Cc3ccc(O)cc3)OC(=O)C(O)C(C)C)CCC(O)(COC3OC(CO)C(O)C(O)C3O)C2C1O. The van der Waals surface area contributed by atoms with Crippen LogP contribution in [0.15, 0.2) is 36.4 Å². The van der Waals surface area contributed by atoms with Gasteiger partial charge in [0, 0.05) is 29.2 Å². The van der Waals surface area contributed by atoms with Crippen molar-refractivity contribution in [2.45, 2.75) is 114 Å². The minimum Gasteiger partial charge on any atom is -0.508 e. The summed E-state index contributed by atoms with van der Waals surface area (Å²) in [6.07, 6.45) is -13.5. The van der Waals surface area contributed by atoms with Gasteiger partial charge in [-0.15, -0.1) is 0 Å². The predicted octanol–water partition coefficient (Wildman–Crippen LogP) is -0.761. The third kappa shape index (κ3) is 8.61. The third-order valence-corrected chi connectivity index (χ3v) is 10.9. The number of aliphatic hydroxyl groups excluding tert-OH is 6. The van der Waals surface area contributed by atoms with E-state index < -0.39 is 115 Å². The lowest BCUT2D eigenvalue weighted by molar-refractivity contribution is -0.319. The number of methoxy groups -OCH3 is 1. The molecule has 13 atom stereocenters. The number of rotatable bonds is 13. The monoisotopic (exact) mass is 740 g/mol. The number of aliphatic hydroxyl groups is 7. The standard InChI is InChI=1S/C36H52O16/c1-17(2)25(39)33(46)50-22(14-19-6-8-20(38)9-7-19)32(45)52-24-11-13-36(47,16-49-34-29(43)28(42)27(41)23(15-37)51-34)30-26(40)21(10-12-35(24,30)4)18(3)31(44)48-5/h6-9,17,21-30,34,37-43,47H,3,10-16H2,1-2,4-5H3. The molecule has 1 saturated heterocycles. The number of aromatic hydroxyl groups is 1. The number of esters is 3. The maximum atomic E-state index is 13.9. The molecule has 1 aromatic rings. The van der Waals surface area contributed by atoms with E-state index in [9.17, 15) is 55.2 Å². The molecule has 2 saturated carbocycles. The Balaban J connectivity index is 1.64. The summed E-state index contributed by atoms with van der Waals surface area (Å²) in [5.41, 5.74) is -2.67. The van der Waals surface area contributed by atoms with Gasteiger partial charge in [0.1, 0.15) is 36.3 Å². The zero-order chi connectivity index (χ0) is 38.7. The molecular formula is C36H52O16. The summed E-state index contributed by atoms with van der Waals surface area (Å²) < 4.78 is 27.6. The molecule has 4 rings (SSSR count). The predicted molar refractivity (Wildman–Crippen MR) is 178 cm³/mol. The van der Waals surface area contributed by atoms with Crippen LogP contribution < -0.4 is 0 Å². The number of ether oxygens (including phenoxy) is 5. The fourth-order valence-electron chi connectivity index (χ4n) is 7.74. The molecule has 3 aliphatic rings. The Labute approximate surface area is 301 Å². The molecule has 16 heteroatoms. The topological polar surface area (TPSA) is 259 Å². The first-order valence-electron chi connectivity index (χ1n) is 17.3. The van der Waals surface area contributed by atoms with Crippen LogP contribution in [0, 0.1) is 23.2 Å². The van der Waals surface area contributed by atoms with Crippen molar-refractivity contribution in [1.82, 2.24) is 0 Å². The first-order chi connectivity index (χ1) is 24.4. The quantitative estimate of drug-likeness (QED) is 0.0702. The average molecular weight is 741 g/mol. The van der Waals surface area contributed by atoms with Gasteiger partial charge in [-0.05, 0) is 49.3 Å². The zero-order valence-corrected chi connectivity index (χ0v) is 29.7. The van der Waals surface area contributed by atoms with Crippen LogP contribution >= 0.6 is 0 Å². The summed E-state index contributed by atoms with van der Waals surface area (Å²) in [6.45, 7) is 7.40. The van der Waals surface area contributed by atoms with Crippen molar-refractivity contribution in [3.05, 3.63) is 42.0 Å². The van der Waals surface area contributed by atoms with Gasteiger partial charge in [-0.3, -0.25) is 0 Å². The number of fused-ring (bicyclic) bond motifs is 1. The van der Waals surface area contributed by atoms with Crippen molar-refractivity contribution in [3.8, 4) is 5.75 Å². The van der Waals surface area contributed by atoms with Crippen molar-refractivity contribution >= 4 is 17.9 Å². The van der Waals surface area contributed by atoms with E-state index in [2.05, 4.69) is 6.58 Å². The molecule has 1 aliphatic heterocycles. The highest BCUT2D eigenvalue weighted by Gasteiger charge is 2.63. The smallest absolute Gasteiger partial charge is 0.348 e. The molecule has 2 aliphatic carbocycles. The third-order valence-electron chi connectivity index (χ3n) is 10.9. The Hall–Kier alpha value is -3.19. The fourth-order valence-corrected chi connectivity index (χ4v) is 7.74. The minimum absolute atomic E-state index is 0.0110. The highest BCUT2D eigenvalue weighted by atomic mass is 16.7. The van der Waals surface area contributed by atoms with Crippen LogP contribution in [0.3, 0.4) is 0 Å². The molecule has 292 valence electrons. The van der Waals surface area contributed by atoms with Gasteiger partial charge in [0.15, 0.2) is 12.4 Å². The molecule has 0 radical (unpaired) electrons. The molecule has 0 spiro atoms. The molecule has 1 aromatic carbocycles. The lowest BCUT2D eigenvalue weighted by atomic mass is 9.50. The summed E-state index contributed by atoms with van der Waals surface area (Å²) in [7, 11) is 1.16. The largest absolute Gasteiger partial charge is 0.508 e. The summed E-state index contributed by atoms with van der Waals surface area (Å²) in [6, 6.07) is 5.85. The van der Waals surface area contributed by atoms with E-state index in [1.807, 2.05) is 0 Å². The number of phenolic OH excluding ortho intramolecular Hbond substituents is 1. The summed E-state index contributed by atoms with van der Waals surface area (Å²) in [4.78, 5) is 39.2. The first kappa shape index (κ1) is 41.6. The highest BCUT2D eigenvalue weighted by molar-refractivity contribution is 5.88. The Morgan fingerprint density at radius 3 is 2.23 bits per heavy atom. The van der Waals surface area contributed by atoms with Gasteiger partial charge in [-0.2, -0.15) is 0 Å². The molecule has 0 amide bonds. The van der Waals surface area contributed by atoms with Crippen LogP contribution in [0.5, 0.6) is 5.75 Å². The maximum Gasteiger partial charge on any atom is 0.348 e. The number of hydrogen-bond acceptors (Lipinski definition) is 16. The van der Waals surface area contributed by atoms with Crippen LogP contribution in [-0.2, 0) is 44.5 Å². The van der Waals surface area contributed by atoms with Gasteiger partial charge in [0.2, 0.25) is 6.10 Å². The van der Waals surface area contributed by atoms with Crippen molar-refractivity contribution < 1.29 is 78.9 Å². The van der Waals surface area contributed by atoms with Gasteiger partial charge in [-0.25, -0.2) is 14.4 Å².